The summed E-state index contributed by atoms with van der Waals surface area (Å²) < 4.78 is 1.99. The summed E-state index contributed by atoms with van der Waals surface area (Å²) in [5, 5.41) is 5.68. The third kappa shape index (κ3) is 5.88. The first kappa shape index (κ1) is 19.5. The average molecular weight is 395 g/mol. The molecule has 4 N–H and O–H groups in total. The number of anilines is 1. The van der Waals surface area contributed by atoms with Crippen molar-refractivity contribution in [1.29, 1.82) is 0 Å². The number of para-hydroxylation sites is 1. The lowest BCUT2D eigenvalue weighted by Gasteiger charge is -2.12. The molecule has 1 aromatic heterocycles. The molecule has 0 unspecified atom stereocenters. The third-order valence-electron chi connectivity index (χ3n) is 3.87. The van der Waals surface area contributed by atoms with Gasteiger partial charge in [0.25, 0.3) is 0 Å². The Bertz CT molecular complexity index is 943. The molecule has 0 saturated heterocycles. The predicted octanol–water partition coefficient (Wildman–Crippen LogP) is 2.83. The minimum absolute atomic E-state index is 0.157. The molecule has 3 rings (SSSR count). The number of carbonyl (C=O) groups excluding carboxylic acids is 2. The monoisotopic (exact) mass is 395 g/mol. The molecular weight excluding hydrogens is 374 g/mol. The zero-order valence-electron chi connectivity index (χ0n) is 15.2. The summed E-state index contributed by atoms with van der Waals surface area (Å²) in [6.45, 7) is 1.13. The predicted molar refractivity (Wildman–Crippen MR) is 110 cm³/mol. The van der Waals surface area contributed by atoms with Gasteiger partial charge in [-0.05, 0) is 23.3 Å². The van der Waals surface area contributed by atoms with Crippen LogP contribution in [0.4, 0.5) is 10.5 Å². The molecule has 7 nitrogen and oxygen atoms in total. The number of nitrogens with two attached hydrogens (primary N) is 1. The molecule has 0 saturated carbocycles. The fourth-order valence-electron chi connectivity index (χ4n) is 2.62. The van der Waals surface area contributed by atoms with Crippen molar-refractivity contribution in [3.8, 4) is 0 Å². The van der Waals surface area contributed by atoms with Gasteiger partial charge in [0.2, 0.25) is 5.91 Å². The van der Waals surface area contributed by atoms with E-state index in [4.69, 9.17) is 5.73 Å². The Labute approximate surface area is 167 Å². The first-order valence-electron chi connectivity index (χ1n) is 8.69. The van der Waals surface area contributed by atoms with Crippen LogP contribution in [0, 0.1) is 0 Å². The van der Waals surface area contributed by atoms with Crippen molar-refractivity contribution in [2.75, 3.05) is 11.1 Å². The zero-order chi connectivity index (χ0) is 19.8. The van der Waals surface area contributed by atoms with E-state index in [9.17, 15) is 9.59 Å². The number of aromatic nitrogens is 2. The average Bonchev–Trinajstić information content (AvgIpc) is 3.19. The highest BCUT2D eigenvalue weighted by molar-refractivity contribution is 8.00. The number of carbonyl (C=O) groups is 2. The number of hydrogen-bond acceptors (Lipinski definition) is 4. The molecule has 3 aromatic rings. The summed E-state index contributed by atoms with van der Waals surface area (Å²) in [4.78, 5) is 28.1. The van der Waals surface area contributed by atoms with Gasteiger partial charge in [-0.3, -0.25) is 4.79 Å². The molecule has 0 spiro atoms. The van der Waals surface area contributed by atoms with Gasteiger partial charge in [-0.1, -0.05) is 36.4 Å². The molecule has 1 heterocycles. The van der Waals surface area contributed by atoms with Gasteiger partial charge in [-0.15, -0.1) is 11.8 Å². The number of benzene rings is 2. The van der Waals surface area contributed by atoms with Gasteiger partial charge in [0.15, 0.2) is 0 Å². The quantitative estimate of drug-likeness (QED) is 0.510. The van der Waals surface area contributed by atoms with Gasteiger partial charge >= 0.3 is 6.03 Å². The Balaban J connectivity index is 1.55. The lowest BCUT2D eigenvalue weighted by Crippen LogP contribution is -2.28. The summed E-state index contributed by atoms with van der Waals surface area (Å²) in [5.74, 6) is -0.246. The number of rotatable bonds is 8. The van der Waals surface area contributed by atoms with Crippen LogP contribution in [0.1, 0.15) is 11.1 Å². The maximum atomic E-state index is 12.3. The molecule has 8 heteroatoms. The van der Waals surface area contributed by atoms with E-state index in [0.29, 0.717) is 12.2 Å². The van der Waals surface area contributed by atoms with Crippen LogP contribution < -0.4 is 16.4 Å². The van der Waals surface area contributed by atoms with Crippen molar-refractivity contribution in [3.05, 3.63) is 78.4 Å². The standard InChI is InChI=1S/C20H21N5O2S/c21-19(26)13-28-18-7-2-1-6-17(18)24-20(27)23-11-15-4-3-5-16(10-15)12-25-9-8-22-14-25/h1-10,14H,11-13H2,(H2,21,26)(H2,23,24,27). The number of nitrogens with one attached hydrogen (secondary N) is 2. The second-order valence-electron chi connectivity index (χ2n) is 6.11. The summed E-state index contributed by atoms with van der Waals surface area (Å²) in [5.41, 5.74) is 7.97. The highest BCUT2D eigenvalue weighted by Gasteiger charge is 2.08. The molecule has 2 aromatic carbocycles. The van der Waals surface area contributed by atoms with Crippen LogP contribution in [-0.2, 0) is 17.9 Å². The fourth-order valence-corrected chi connectivity index (χ4v) is 3.37. The summed E-state index contributed by atoms with van der Waals surface area (Å²) in [7, 11) is 0. The molecule has 0 aliphatic rings. The van der Waals surface area contributed by atoms with Crippen molar-refractivity contribution in [3.63, 3.8) is 0 Å². The Kier molecular flexibility index (Phi) is 6.69. The normalized spacial score (nSPS) is 10.4. The van der Waals surface area contributed by atoms with E-state index in [2.05, 4.69) is 21.7 Å². The highest BCUT2D eigenvalue weighted by Crippen LogP contribution is 2.26. The highest BCUT2D eigenvalue weighted by atomic mass is 32.2. The van der Waals surface area contributed by atoms with Crippen LogP contribution in [0.25, 0.3) is 0 Å². The molecule has 0 radical (unpaired) electrons. The van der Waals surface area contributed by atoms with E-state index in [1.54, 1.807) is 18.6 Å². The Hall–Kier alpha value is -3.26. The maximum absolute atomic E-state index is 12.3. The van der Waals surface area contributed by atoms with Crippen LogP contribution in [0.15, 0.2) is 72.1 Å². The van der Waals surface area contributed by atoms with E-state index < -0.39 is 5.91 Å². The smallest absolute Gasteiger partial charge is 0.319 e. The van der Waals surface area contributed by atoms with E-state index in [0.717, 1.165) is 22.6 Å². The number of thioether (sulfide) groups is 1. The molecule has 3 amide bonds. The molecule has 144 valence electrons. The first-order valence-corrected chi connectivity index (χ1v) is 9.67. The van der Waals surface area contributed by atoms with Crippen LogP contribution >= 0.6 is 11.8 Å². The molecule has 0 fully saturated rings. The SMILES string of the molecule is NC(=O)CSc1ccccc1NC(=O)NCc1cccc(Cn2ccnc2)c1. The van der Waals surface area contributed by atoms with Crippen LogP contribution in [-0.4, -0.2) is 27.2 Å². The van der Waals surface area contributed by atoms with Gasteiger partial charge in [-0.2, -0.15) is 0 Å². The van der Waals surface area contributed by atoms with Crippen LogP contribution in [0.3, 0.4) is 0 Å². The summed E-state index contributed by atoms with van der Waals surface area (Å²) in [6, 6.07) is 15.0. The fraction of sp³-hybridized carbons (Fsp3) is 0.150. The molecule has 28 heavy (non-hydrogen) atoms. The first-order chi connectivity index (χ1) is 13.6. The number of amides is 3. The molecule has 0 atom stereocenters. The number of primary amides is 1. The maximum Gasteiger partial charge on any atom is 0.319 e. The van der Waals surface area contributed by atoms with Crippen LogP contribution in [0.2, 0.25) is 0 Å². The van der Waals surface area contributed by atoms with Gasteiger partial charge in [0.05, 0.1) is 17.8 Å². The minimum atomic E-state index is -0.403. The topological polar surface area (TPSA) is 102 Å². The number of hydrogen-bond donors (Lipinski definition) is 3. The van der Waals surface area contributed by atoms with Gasteiger partial charge < -0.3 is 20.9 Å². The second kappa shape index (κ2) is 9.61. The Morgan fingerprint density at radius 1 is 1.11 bits per heavy atom. The lowest BCUT2D eigenvalue weighted by atomic mass is 10.1. The number of imidazole rings is 1. The summed E-state index contributed by atoms with van der Waals surface area (Å²) >= 11 is 1.29. The molecular formula is C20H21N5O2S. The van der Waals surface area contributed by atoms with Gasteiger partial charge in [0.1, 0.15) is 0 Å². The van der Waals surface area contributed by atoms with Crippen molar-refractivity contribution in [1.82, 2.24) is 14.9 Å². The Morgan fingerprint density at radius 2 is 1.93 bits per heavy atom. The largest absolute Gasteiger partial charge is 0.369 e. The Morgan fingerprint density at radius 3 is 2.71 bits per heavy atom. The number of urea groups is 1. The zero-order valence-corrected chi connectivity index (χ0v) is 16.0. The van der Waals surface area contributed by atoms with E-state index in [1.807, 2.05) is 47.2 Å². The van der Waals surface area contributed by atoms with Crippen molar-refractivity contribution >= 4 is 29.4 Å². The molecule has 0 aliphatic heterocycles. The van der Waals surface area contributed by atoms with Crippen molar-refractivity contribution in [2.24, 2.45) is 5.73 Å². The summed E-state index contributed by atoms with van der Waals surface area (Å²) in [6.07, 6.45) is 5.42. The second-order valence-corrected chi connectivity index (χ2v) is 7.13. The molecule has 0 bridgehead atoms. The van der Waals surface area contributed by atoms with Crippen LogP contribution in [0.5, 0.6) is 0 Å². The van der Waals surface area contributed by atoms with Crippen molar-refractivity contribution < 1.29 is 9.59 Å². The number of nitrogens with zero attached hydrogens (tertiary/aromatic N) is 2. The lowest BCUT2D eigenvalue weighted by molar-refractivity contribution is -0.115. The van der Waals surface area contributed by atoms with Gasteiger partial charge in [-0.25, -0.2) is 9.78 Å². The minimum Gasteiger partial charge on any atom is -0.369 e. The van der Waals surface area contributed by atoms with E-state index in [-0.39, 0.29) is 11.8 Å². The van der Waals surface area contributed by atoms with Gasteiger partial charge in [0, 0.05) is 30.4 Å². The molecule has 0 aliphatic carbocycles. The van der Waals surface area contributed by atoms with Crippen molar-refractivity contribution in [2.45, 2.75) is 18.0 Å². The third-order valence-corrected chi connectivity index (χ3v) is 4.97. The van der Waals surface area contributed by atoms with E-state index in [1.165, 1.54) is 11.8 Å². The van der Waals surface area contributed by atoms with E-state index >= 15 is 0 Å².